The molecule has 1 fully saturated rings. The maximum absolute atomic E-state index is 12.9. The number of hydrogen-bond donors (Lipinski definition) is 0. The monoisotopic (exact) mass is 397 g/mol. The lowest BCUT2D eigenvalue weighted by atomic mass is 10.0. The molecule has 0 unspecified atom stereocenters. The van der Waals surface area contributed by atoms with Crippen molar-refractivity contribution >= 4 is 44.4 Å². The number of fused-ring (bicyclic) bond motifs is 1. The average Bonchev–Trinajstić information content (AvgIpc) is 3.12. The smallest absolute Gasteiger partial charge is 0.254 e. The Labute approximate surface area is 168 Å². The van der Waals surface area contributed by atoms with Crippen LogP contribution in [-0.4, -0.2) is 48.2 Å². The molecule has 1 amide bonds. The molecule has 0 spiro atoms. The third-order valence-electron chi connectivity index (χ3n) is 5.04. The van der Waals surface area contributed by atoms with Crippen LogP contribution >= 0.6 is 23.1 Å². The lowest BCUT2D eigenvalue weighted by molar-refractivity contribution is 0.0746. The Hall–Kier alpha value is -2.05. The Morgan fingerprint density at radius 3 is 2.59 bits per heavy atom. The highest BCUT2D eigenvalue weighted by molar-refractivity contribution is 7.98. The van der Waals surface area contributed by atoms with Gasteiger partial charge in [-0.3, -0.25) is 4.79 Å². The number of thiazole rings is 1. The molecule has 3 aromatic rings. The maximum Gasteiger partial charge on any atom is 0.254 e. The first-order chi connectivity index (χ1) is 13.1. The van der Waals surface area contributed by atoms with Crippen molar-refractivity contribution in [3.63, 3.8) is 0 Å². The molecule has 0 atom stereocenters. The van der Waals surface area contributed by atoms with Crippen LogP contribution in [0.3, 0.4) is 0 Å². The normalized spacial score (nSPS) is 14.8. The Morgan fingerprint density at radius 2 is 1.89 bits per heavy atom. The molecule has 6 heteroatoms. The van der Waals surface area contributed by atoms with Gasteiger partial charge in [-0.15, -0.1) is 11.8 Å². The minimum absolute atomic E-state index is 0.140. The van der Waals surface area contributed by atoms with Crippen molar-refractivity contribution in [3.05, 3.63) is 53.1 Å². The summed E-state index contributed by atoms with van der Waals surface area (Å²) < 4.78 is 1.23. The summed E-state index contributed by atoms with van der Waals surface area (Å²) in [6.07, 6.45) is 2.09. The van der Waals surface area contributed by atoms with Gasteiger partial charge in [-0.2, -0.15) is 0 Å². The number of piperazine rings is 1. The lowest BCUT2D eigenvalue weighted by Crippen LogP contribution is -2.48. The Bertz CT molecular complexity index is 990. The fraction of sp³-hybridized carbons (Fsp3) is 0.333. The van der Waals surface area contributed by atoms with Crippen LogP contribution in [0.2, 0.25) is 0 Å². The highest BCUT2D eigenvalue weighted by Gasteiger charge is 2.25. The number of benzene rings is 2. The third kappa shape index (κ3) is 3.56. The van der Waals surface area contributed by atoms with Crippen molar-refractivity contribution in [2.75, 3.05) is 37.3 Å². The second-order valence-corrected chi connectivity index (χ2v) is 8.76. The van der Waals surface area contributed by atoms with E-state index in [1.807, 2.05) is 24.0 Å². The SMILES string of the molecule is CSc1cccc2sc(N3CCN(C(=O)c4ccc(C)cc4C)CC3)nc12. The quantitative estimate of drug-likeness (QED) is 0.605. The van der Waals surface area contributed by atoms with E-state index in [1.54, 1.807) is 23.1 Å². The number of para-hydroxylation sites is 1. The fourth-order valence-corrected chi connectivity index (χ4v) is 5.21. The van der Waals surface area contributed by atoms with Gasteiger partial charge in [0.2, 0.25) is 0 Å². The molecule has 1 aromatic heterocycles. The van der Waals surface area contributed by atoms with E-state index in [0.29, 0.717) is 0 Å². The van der Waals surface area contributed by atoms with Crippen LogP contribution in [-0.2, 0) is 0 Å². The highest BCUT2D eigenvalue weighted by atomic mass is 32.2. The molecule has 1 aliphatic heterocycles. The van der Waals surface area contributed by atoms with Gasteiger partial charge in [0, 0.05) is 36.6 Å². The molecular formula is C21H23N3OS2. The molecule has 2 aromatic carbocycles. The van der Waals surface area contributed by atoms with Crippen molar-refractivity contribution < 1.29 is 4.79 Å². The van der Waals surface area contributed by atoms with E-state index in [4.69, 9.17) is 4.98 Å². The van der Waals surface area contributed by atoms with Gasteiger partial charge >= 0.3 is 0 Å². The Kier molecular flexibility index (Phi) is 5.10. The Balaban J connectivity index is 1.48. The summed E-state index contributed by atoms with van der Waals surface area (Å²) in [7, 11) is 0. The minimum atomic E-state index is 0.140. The summed E-state index contributed by atoms with van der Waals surface area (Å²) in [4.78, 5) is 23.3. The zero-order chi connectivity index (χ0) is 19.0. The van der Waals surface area contributed by atoms with Gasteiger partial charge in [-0.25, -0.2) is 4.98 Å². The van der Waals surface area contributed by atoms with Crippen molar-refractivity contribution in [2.45, 2.75) is 18.7 Å². The summed E-state index contributed by atoms with van der Waals surface area (Å²) in [6, 6.07) is 12.4. The summed E-state index contributed by atoms with van der Waals surface area (Å²) in [5.41, 5.74) is 4.16. The first-order valence-electron chi connectivity index (χ1n) is 9.12. The highest BCUT2D eigenvalue weighted by Crippen LogP contribution is 2.34. The summed E-state index contributed by atoms with van der Waals surface area (Å²) in [5.74, 6) is 0.140. The van der Waals surface area contributed by atoms with Crippen LogP contribution in [0.15, 0.2) is 41.3 Å². The molecule has 0 saturated carbocycles. The first-order valence-corrected chi connectivity index (χ1v) is 11.2. The number of hydrogen-bond acceptors (Lipinski definition) is 5. The van der Waals surface area contributed by atoms with Crippen LogP contribution in [0, 0.1) is 13.8 Å². The summed E-state index contributed by atoms with van der Waals surface area (Å²) in [5, 5.41) is 1.06. The number of thioether (sulfide) groups is 1. The molecule has 0 N–H and O–H groups in total. The number of amides is 1. The molecule has 0 bridgehead atoms. The standard InChI is InChI=1S/C21H23N3OS2/c1-14-7-8-16(15(2)13-14)20(25)23-9-11-24(12-10-23)21-22-19-17(26-3)5-4-6-18(19)27-21/h4-8,13H,9-12H2,1-3H3. The van der Waals surface area contributed by atoms with Gasteiger partial charge in [-0.1, -0.05) is 35.1 Å². The second kappa shape index (κ2) is 7.52. The van der Waals surface area contributed by atoms with Crippen molar-refractivity contribution in [1.82, 2.24) is 9.88 Å². The Morgan fingerprint density at radius 1 is 1.11 bits per heavy atom. The number of anilines is 1. The third-order valence-corrected chi connectivity index (χ3v) is 6.89. The number of aryl methyl sites for hydroxylation is 2. The van der Waals surface area contributed by atoms with E-state index in [1.165, 1.54) is 15.2 Å². The largest absolute Gasteiger partial charge is 0.345 e. The molecule has 0 radical (unpaired) electrons. The number of carbonyl (C=O) groups is 1. The van der Waals surface area contributed by atoms with Crippen molar-refractivity contribution in [1.29, 1.82) is 0 Å². The lowest BCUT2D eigenvalue weighted by Gasteiger charge is -2.34. The maximum atomic E-state index is 12.9. The molecule has 1 aliphatic rings. The molecule has 27 heavy (non-hydrogen) atoms. The molecule has 4 nitrogen and oxygen atoms in total. The van der Waals surface area contributed by atoms with Gasteiger partial charge in [0.05, 0.1) is 10.2 Å². The zero-order valence-corrected chi connectivity index (χ0v) is 17.5. The van der Waals surface area contributed by atoms with E-state index in [-0.39, 0.29) is 5.91 Å². The van der Waals surface area contributed by atoms with E-state index in [0.717, 1.165) is 48.0 Å². The topological polar surface area (TPSA) is 36.4 Å². The number of nitrogens with zero attached hydrogens (tertiary/aromatic N) is 3. The van der Waals surface area contributed by atoms with Crippen molar-refractivity contribution in [3.8, 4) is 0 Å². The number of aromatic nitrogens is 1. The van der Waals surface area contributed by atoms with Crippen LogP contribution in [0.4, 0.5) is 5.13 Å². The van der Waals surface area contributed by atoms with Crippen LogP contribution < -0.4 is 4.90 Å². The van der Waals surface area contributed by atoms with Gasteiger partial charge in [0.15, 0.2) is 5.13 Å². The molecule has 4 rings (SSSR count). The van der Waals surface area contributed by atoms with E-state index >= 15 is 0 Å². The molecular weight excluding hydrogens is 374 g/mol. The fourth-order valence-electron chi connectivity index (χ4n) is 3.54. The first kappa shape index (κ1) is 18.3. The molecule has 140 valence electrons. The average molecular weight is 398 g/mol. The van der Waals surface area contributed by atoms with E-state index in [2.05, 4.69) is 42.3 Å². The van der Waals surface area contributed by atoms with E-state index < -0.39 is 0 Å². The second-order valence-electron chi connectivity index (χ2n) is 6.90. The molecule has 2 heterocycles. The van der Waals surface area contributed by atoms with Crippen LogP contribution in [0.5, 0.6) is 0 Å². The zero-order valence-electron chi connectivity index (χ0n) is 15.9. The van der Waals surface area contributed by atoms with Crippen LogP contribution in [0.1, 0.15) is 21.5 Å². The van der Waals surface area contributed by atoms with Gasteiger partial charge < -0.3 is 9.80 Å². The van der Waals surface area contributed by atoms with Crippen LogP contribution in [0.25, 0.3) is 10.2 Å². The van der Waals surface area contributed by atoms with Gasteiger partial charge in [0.1, 0.15) is 0 Å². The predicted octanol–water partition coefficient (Wildman–Crippen LogP) is 4.60. The summed E-state index contributed by atoms with van der Waals surface area (Å²) in [6.45, 7) is 7.19. The number of rotatable bonds is 3. The predicted molar refractivity (Wildman–Crippen MR) is 115 cm³/mol. The van der Waals surface area contributed by atoms with Gasteiger partial charge in [0.25, 0.3) is 5.91 Å². The van der Waals surface area contributed by atoms with E-state index in [9.17, 15) is 4.79 Å². The molecule has 1 saturated heterocycles. The summed E-state index contributed by atoms with van der Waals surface area (Å²) >= 11 is 3.48. The van der Waals surface area contributed by atoms with Crippen molar-refractivity contribution in [2.24, 2.45) is 0 Å². The number of carbonyl (C=O) groups excluding carboxylic acids is 1. The van der Waals surface area contributed by atoms with Gasteiger partial charge in [-0.05, 0) is 43.9 Å². The minimum Gasteiger partial charge on any atom is -0.345 e. The molecule has 0 aliphatic carbocycles.